The van der Waals surface area contributed by atoms with E-state index in [2.05, 4.69) is 33.0 Å². The van der Waals surface area contributed by atoms with Crippen molar-refractivity contribution in [1.82, 2.24) is 5.32 Å². The molecule has 1 unspecified atom stereocenters. The normalized spacial score (nSPS) is 22.1. The Morgan fingerprint density at radius 3 is 2.67 bits per heavy atom. The largest absolute Gasteiger partial charge is 0.388 e. The molecule has 0 aromatic carbocycles. The van der Waals surface area contributed by atoms with Crippen LogP contribution in [-0.4, -0.2) is 16.9 Å². The molecule has 2 nitrogen and oxygen atoms in total. The van der Waals surface area contributed by atoms with E-state index in [-0.39, 0.29) is 5.12 Å². The van der Waals surface area contributed by atoms with Crippen LogP contribution in [0.3, 0.4) is 0 Å². The van der Waals surface area contributed by atoms with Crippen LogP contribution in [0.1, 0.15) is 34.1 Å². The number of hydrogen-bond acceptors (Lipinski definition) is 3. The van der Waals surface area contributed by atoms with E-state index < -0.39 is 0 Å². The molecule has 0 saturated heterocycles. The molecule has 3 heteroatoms. The SMILES string of the molecule is CC(C)CNC1=CC(=O)SC(C(C)C)C1. The van der Waals surface area contributed by atoms with Crippen molar-refractivity contribution in [2.24, 2.45) is 11.8 Å². The monoisotopic (exact) mass is 227 g/mol. The standard InChI is InChI=1S/C12H21NOS/c1-8(2)7-13-10-5-11(9(3)4)15-12(14)6-10/h6,8-9,11,13H,5,7H2,1-4H3. The van der Waals surface area contributed by atoms with Crippen molar-refractivity contribution in [3.8, 4) is 0 Å². The first-order chi connectivity index (χ1) is 6.99. The zero-order valence-electron chi connectivity index (χ0n) is 10.0. The Morgan fingerprint density at radius 2 is 2.13 bits per heavy atom. The molecule has 0 radical (unpaired) electrons. The first-order valence-electron chi connectivity index (χ1n) is 5.64. The van der Waals surface area contributed by atoms with Gasteiger partial charge in [0.1, 0.15) is 0 Å². The van der Waals surface area contributed by atoms with Gasteiger partial charge in [-0.3, -0.25) is 4.79 Å². The van der Waals surface area contributed by atoms with E-state index in [1.165, 1.54) is 11.8 Å². The van der Waals surface area contributed by atoms with Gasteiger partial charge in [-0.15, -0.1) is 0 Å². The highest BCUT2D eigenvalue weighted by atomic mass is 32.2. The molecule has 0 aromatic rings. The van der Waals surface area contributed by atoms with E-state index in [0.717, 1.165) is 18.7 Å². The van der Waals surface area contributed by atoms with E-state index in [4.69, 9.17) is 0 Å². The van der Waals surface area contributed by atoms with Crippen LogP contribution in [0.2, 0.25) is 0 Å². The average molecular weight is 227 g/mol. The fourth-order valence-corrected chi connectivity index (χ4v) is 2.52. The van der Waals surface area contributed by atoms with E-state index in [1.807, 2.05) is 0 Å². The minimum Gasteiger partial charge on any atom is -0.388 e. The van der Waals surface area contributed by atoms with Gasteiger partial charge >= 0.3 is 0 Å². The number of allylic oxidation sites excluding steroid dienone is 1. The van der Waals surface area contributed by atoms with Gasteiger partial charge in [0.2, 0.25) is 5.12 Å². The van der Waals surface area contributed by atoms with Crippen molar-refractivity contribution in [2.45, 2.75) is 39.4 Å². The minimum absolute atomic E-state index is 0.200. The van der Waals surface area contributed by atoms with Crippen LogP contribution >= 0.6 is 11.8 Å². The Hall–Kier alpha value is -0.440. The predicted molar refractivity (Wildman–Crippen MR) is 66.8 cm³/mol. The molecule has 15 heavy (non-hydrogen) atoms. The maximum Gasteiger partial charge on any atom is 0.214 e. The van der Waals surface area contributed by atoms with E-state index in [1.54, 1.807) is 6.08 Å². The van der Waals surface area contributed by atoms with Gasteiger partial charge in [-0.05, 0) is 18.3 Å². The third-order valence-corrected chi connectivity index (χ3v) is 3.83. The van der Waals surface area contributed by atoms with Crippen LogP contribution in [0, 0.1) is 11.8 Å². The van der Waals surface area contributed by atoms with Gasteiger partial charge in [-0.25, -0.2) is 0 Å². The van der Waals surface area contributed by atoms with Crippen molar-refractivity contribution in [1.29, 1.82) is 0 Å². The molecule has 1 atom stereocenters. The quantitative estimate of drug-likeness (QED) is 0.800. The maximum atomic E-state index is 11.5. The number of thioether (sulfide) groups is 1. The summed E-state index contributed by atoms with van der Waals surface area (Å²) in [6, 6.07) is 0. The van der Waals surface area contributed by atoms with Crippen LogP contribution in [0.25, 0.3) is 0 Å². The van der Waals surface area contributed by atoms with E-state index in [0.29, 0.717) is 17.1 Å². The van der Waals surface area contributed by atoms with Crippen molar-refractivity contribution in [2.75, 3.05) is 6.54 Å². The van der Waals surface area contributed by atoms with Crippen molar-refractivity contribution in [3.05, 3.63) is 11.8 Å². The highest BCUT2D eigenvalue weighted by Crippen LogP contribution is 2.30. The van der Waals surface area contributed by atoms with Crippen LogP contribution in [0.5, 0.6) is 0 Å². The summed E-state index contributed by atoms with van der Waals surface area (Å²) >= 11 is 1.48. The van der Waals surface area contributed by atoms with E-state index >= 15 is 0 Å². The highest BCUT2D eigenvalue weighted by molar-refractivity contribution is 8.14. The summed E-state index contributed by atoms with van der Waals surface area (Å²) in [5.74, 6) is 1.18. The molecule has 1 heterocycles. The van der Waals surface area contributed by atoms with Gasteiger partial charge in [0.15, 0.2) is 0 Å². The van der Waals surface area contributed by atoms with Crippen LogP contribution < -0.4 is 5.32 Å². The van der Waals surface area contributed by atoms with Gasteiger partial charge in [0.25, 0.3) is 0 Å². The smallest absolute Gasteiger partial charge is 0.214 e. The summed E-state index contributed by atoms with van der Waals surface area (Å²) in [7, 11) is 0. The maximum absolute atomic E-state index is 11.5. The molecule has 0 saturated carbocycles. The lowest BCUT2D eigenvalue weighted by molar-refractivity contribution is -0.107. The molecule has 1 aliphatic heterocycles. The number of hydrogen-bond donors (Lipinski definition) is 1. The van der Waals surface area contributed by atoms with Gasteiger partial charge < -0.3 is 5.32 Å². The van der Waals surface area contributed by atoms with Crippen molar-refractivity contribution in [3.63, 3.8) is 0 Å². The second-order valence-electron chi connectivity index (χ2n) is 4.87. The molecule has 1 N–H and O–H groups in total. The van der Waals surface area contributed by atoms with Gasteiger partial charge in [-0.1, -0.05) is 39.5 Å². The molecule has 1 rings (SSSR count). The zero-order valence-corrected chi connectivity index (χ0v) is 10.9. The Kier molecular flexibility index (Phi) is 4.71. The molecule has 1 aliphatic rings. The molecule has 0 bridgehead atoms. The van der Waals surface area contributed by atoms with E-state index in [9.17, 15) is 4.79 Å². The number of carbonyl (C=O) groups excluding carboxylic acids is 1. The first-order valence-corrected chi connectivity index (χ1v) is 6.52. The molecule has 0 spiro atoms. The molecule has 0 aromatic heterocycles. The molecular formula is C12H21NOS. The lowest BCUT2D eigenvalue weighted by Gasteiger charge is -2.25. The Labute approximate surface area is 96.9 Å². The summed E-state index contributed by atoms with van der Waals surface area (Å²) in [5.41, 5.74) is 1.12. The van der Waals surface area contributed by atoms with Crippen LogP contribution in [0.4, 0.5) is 0 Å². The van der Waals surface area contributed by atoms with Crippen molar-refractivity contribution < 1.29 is 4.79 Å². The molecule has 86 valence electrons. The first kappa shape index (κ1) is 12.6. The average Bonchev–Trinajstić information content (AvgIpc) is 2.13. The van der Waals surface area contributed by atoms with Crippen molar-refractivity contribution >= 4 is 16.9 Å². The molecular weight excluding hydrogens is 206 g/mol. The van der Waals surface area contributed by atoms with Crippen LogP contribution in [0.15, 0.2) is 11.8 Å². The summed E-state index contributed by atoms with van der Waals surface area (Å²) < 4.78 is 0. The number of rotatable bonds is 4. The van der Waals surface area contributed by atoms with Gasteiger partial charge in [0.05, 0.1) is 0 Å². The topological polar surface area (TPSA) is 29.1 Å². The Balaban J connectivity index is 2.53. The number of nitrogens with one attached hydrogen (secondary N) is 1. The molecule has 0 aliphatic carbocycles. The fourth-order valence-electron chi connectivity index (χ4n) is 1.47. The summed E-state index contributed by atoms with van der Waals surface area (Å²) in [5, 5.41) is 4.01. The number of carbonyl (C=O) groups is 1. The second-order valence-corrected chi connectivity index (χ2v) is 6.11. The molecule has 0 amide bonds. The Morgan fingerprint density at radius 1 is 1.47 bits per heavy atom. The molecule has 0 fully saturated rings. The van der Waals surface area contributed by atoms with Gasteiger partial charge in [0, 0.05) is 23.6 Å². The fraction of sp³-hybridized carbons (Fsp3) is 0.750. The minimum atomic E-state index is 0.200. The second kappa shape index (κ2) is 5.59. The summed E-state index contributed by atoms with van der Waals surface area (Å²) in [6.07, 6.45) is 2.76. The third-order valence-electron chi connectivity index (χ3n) is 2.46. The Bertz CT molecular complexity index is 258. The highest BCUT2D eigenvalue weighted by Gasteiger charge is 2.23. The summed E-state index contributed by atoms with van der Waals surface area (Å²) in [6.45, 7) is 9.65. The summed E-state index contributed by atoms with van der Waals surface area (Å²) in [4.78, 5) is 11.5. The lowest BCUT2D eigenvalue weighted by atomic mass is 10.0. The van der Waals surface area contributed by atoms with Crippen LogP contribution in [-0.2, 0) is 4.79 Å². The third kappa shape index (κ3) is 4.29. The lowest BCUT2D eigenvalue weighted by Crippen LogP contribution is -2.27. The van der Waals surface area contributed by atoms with Gasteiger partial charge in [-0.2, -0.15) is 0 Å². The zero-order chi connectivity index (χ0) is 11.4. The predicted octanol–water partition coefficient (Wildman–Crippen LogP) is 2.80.